The van der Waals surface area contributed by atoms with E-state index in [0.29, 0.717) is 28.3 Å². The van der Waals surface area contributed by atoms with Crippen LogP contribution in [0.25, 0.3) is 22.8 Å². The Kier molecular flexibility index (Phi) is 3.81. The number of rotatable bonds is 3. The molecule has 0 unspecified atom stereocenters. The number of hydrogen-bond donors (Lipinski definition) is 1. The number of benzene rings is 2. The zero-order valence-electron chi connectivity index (χ0n) is 10.9. The molecule has 21 heavy (non-hydrogen) atoms. The van der Waals surface area contributed by atoms with Crippen molar-refractivity contribution in [2.75, 3.05) is 0 Å². The van der Waals surface area contributed by atoms with E-state index in [1.54, 1.807) is 6.07 Å². The molecule has 3 aromatic rings. The Labute approximate surface area is 128 Å². The maximum absolute atomic E-state index is 13.1. The van der Waals surface area contributed by atoms with Gasteiger partial charge in [-0.25, -0.2) is 4.39 Å². The molecule has 0 amide bonds. The Bertz CT molecular complexity index is 788. The normalized spacial score (nSPS) is 10.8. The zero-order chi connectivity index (χ0) is 14.8. The van der Waals surface area contributed by atoms with Crippen LogP contribution in [0.15, 0.2) is 51.5 Å². The van der Waals surface area contributed by atoms with Gasteiger partial charge in [0.15, 0.2) is 0 Å². The van der Waals surface area contributed by atoms with Crippen LogP contribution in [0, 0.1) is 5.82 Å². The highest BCUT2D eigenvalue weighted by Crippen LogP contribution is 2.28. The third kappa shape index (κ3) is 2.86. The molecule has 4 nitrogen and oxygen atoms in total. The van der Waals surface area contributed by atoms with Crippen molar-refractivity contribution in [2.45, 2.75) is 6.54 Å². The second-order valence-corrected chi connectivity index (χ2v) is 5.31. The van der Waals surface area contributed by atoms with Crippen LogP contribution in [-0.4, -0.2) is 10.1 Å². The van der Waals surface area contributed by atoms with Crippen LogP contribution < -0.4 is 5.73 Å². The number of halogens is 2. The van der Waals surface area contributed by atoms with Gasteiger partial charge in [-0.2, -0.15) is 4.98 Å². The number of hydrogen-bond acceptors (Lipinski definition) is 4. The molecule has 3 rings (SSSR count). The van der Waals surface area contributed by atoms with Crippen molar-refractivity contribution in [2.24, 2.45) is 5.73 Å². The molecule has 2 N–H and O–H groups in total. The van der Waals surface area contributed by atoms with Gasteiger partial charge in [-0.1, -0.05) is 17.3 Å². The molecule has 1 heterocycles. The van der Waals surface area contributed by atoms with Gasteiger partial charge in [0, 0.05) is 22.1 Å². The molecular weight excluding hydrogens is 337 g/mol. The average Bonchev–Trinajstić information content (AvgIpc) is 2.97. The lowest BCUT2D eigenvalue weighted by Crippen LogP contribution is -1.95. The molecular formula is C15H11BrFN3O. The van der Waals surface area contributed by atoms with Gasteiger partial charge in [0.2, 0.25) is 5.82 Å². The molecule has 0 aliphatic carbocycles. The van der Waals surface area contributed by atoms with E-state index in [1.807, 2.05) is 24.3 Å². The third-order valence-corrected chi connectivity index (χ3v) is 3.66. The molecule has 106 valence electrons. The molecule has 1 aromatic heterocycles. The van der Waals surface area contributed by atoms with Crippen molar-refractivity contribution in [3.05, 3.63) is 58.3 Å². The highest BCUT2D eigenvalue weighted by Gasteiger charge is 2.13. The molecule has 0 fully saturated rings. The summed E-state index contributed by atoms with van der Waals surface area (Å²) in [6.45, 7) is 0.443. The Morgan fingerprint density at radius 3 is 2.81 bits per heavy atom. The van der Waals surface area contributed by atoms with Crippen LogP contribution in [0.5, 0.6) is 0 Å². The van der Waals surface area contributed by atoms with E-state index in [9.17, 15) is 4.39 Å². The van der Waals surface area contributed by atoms with Crippen molar-refractivity contribution >= 4 is 15.9 Å². The quantitative estimate of drug-likeness (QED) is 0.783. The Balaban J connectivity index is 1.99. The summed E-state index contributed by atoms with van der Waals surface area (Å²) in [7, 11) is 0. The van der Waals surface area contributed by atoms with Crippen LogP contribution in [0.1, 0.15) is 5.56 Å². The number of aromatic nitrogens is 2. The van der Waals surface area contributed by atoms with Gasteiger partial charge >= 0.3 is 0 Å². The fourth-order valence-electron chi connectivity index (χ4n) is 1.95. The van der Waals surface area contributed by atoms with E-state index in [2.05, 4.69) is 26.1 Å². The molecule has 0 saturated carbocycles. The van der Waals surface area contributed by atoms with Crippen LogP contribution in [-0.2, 0) is 6.54 Å². The minimum atomic E-state index is -0.329. The molecule has 0 atom stereocenters. The summed E-state index contributed by atoms with van der Waals surface area (Å²) >= 11 is 3.29. The molecule has 0 spiro atoms. The Hall–Kier alpha value is -2.05. The molecule has 0 aliphatic heterocycles. The van der Waals surface area contributed by atoms with Crippen molar-refractivity contribution in [1.29, 1.82) is 0 Å². The van der Waals surface area contributed by atoms with E-state index in [4.69, 9.17) is 10.3 Å². The van der Waals surface area contributed by atoms with E-state index in [-0.39, 0.29) is 5.82 Å². The lowest BCUT2D eigenvalue weighted by atomic mass is 10.1. The molecule has 0 saturated heterocycles. The zero-order valence-corrected chi connectivity index (χ0v) is 12.5. The monoisotopic (exact) mass is 347 g/mol. The second kappa shape index (κ2) is 5.75. The SMILES string of the molecule is NCc1cccc(-c2nc(-c3ccc(F)cc3Br)no2)c1. The van der Waals surface area contributed by atoms with Gasteiger partial charge in [0.1, 0.15) is 5.82 Å². The van der Waals surface area contributed by atoms with E-state index < -0.39 is 0 Å². The standard InChI is InChI=1S/C15H11BrFN3O/c16-13-7-11(17)4-5-12(13)14-19-15(21-20-14)10-3-1-2-9(6-10)8-18/h1-7H,8,18H2. The average molecular weight is 348 g/mol. The van der Waals surface area contributed by atoms with E-state index in [1.165, 1.54) is 12.1 Å². The van der Waals surface area contributed by atoms with Crippen molar-refractivity contribution < 1.29 is 8.91 Å². The lowest BCUT2D eigenvalue weighted by Gasteiger charge is -1.99. The summed E-state index contributed by atoms with van der Waals surface area (Å²) < 4.78 is 19.0. The Morgan fingerprint density at radius 2 is 2.05 bits per heavy atom. The third-order valence-electron chi connectivity index (χ3n) is 3.01. The molecule has 6 heteroatoms. The minimum Gasteiger partial charge on any atom is -0.334 e. The fourth-order valence-corrected chi connectivity index (χ4v) is 2.48. The number of nitrogens with two attached hydrogens (primary N) is 1. The van der Waals surface area contributed by atoms with Crippen molar-refractivity contribution in [3.8, 4) is 22.8 Å². The fraction of sp³-hybridized carbons (Fsp3) is 0.0667. The van der Waals surface area contributed by atoms with Crippen LogP contribution in [0.4, 0.5) is 4.39 Å². The first-order valence-corrected chi connectivity index (χ1v) is 7.05. The highest BCUT2D eigenvalue weighted by atomic mass is 79.9. The summed E-state index contributed by atoms with van der Waals surface area (Å²) in [5.74, 6) is 0.469. The van der Waals surface area contributed by atoms with Crippen LogP contribution in [0.2, 0.25) is 0 Å². The van der Waals surface area contributed by atoms with Gasteiger partial charge in [0.05, 0.1) is 0 Å². The molecule has 0 radical (unpaired) electrons. The second-order valence-electron chi connectivity index (χ2n) is 4.45. The first kappa shape index (κ1) is 13.9. The summed E-state index contributed by atoms with van der Waals surface area (Å²) in [6.07, 6.45) is 0. The summed E-state index contributed by atoms with van der Waals surface area (Å²) in [5.41, 5.74) is 8.07. The summed E-state index contributed by atoms with van der Waals surface area (Å²) in [5, 5.41) is 3.94. The summed E-state index contributed by atoms with van der Waals surface area (Å²) in [6, 6.07) is 11.9. The Morgan fingerprint density at radius 1 is 1.19 bits per heavy atom. The van der Waals surface area contributed by atoms with Crippen molar-refractivity contribution in [3.63, 3.8) is 0 Å². The maximum Gasteiger partial charge on any atom is 0.258 e. The molecule has 0 aliphatic rings. The smallest absolute Gasteiger partial charge is 0.258 e. The predicted octanol–water partition coefficient (Wildman–Crippen LogP) is 3.76. The van der Waals surface area contributed by atoms with Crippen LogP contribution in [0.3, 0.4) is 0 Å². The molecule has 2 aromatic carbocycles. The van der Waals surface area contributed by atoms with Gasteiger partial charge < -0.3 is 10.3 Å². The molecule has 0 bridgehead atoms. The van der Waals surface area contributed by atoms with Gasteiger partial charge in [-0.15, -0.1) is 0 Å². The highest BCUT2D eigenvalue weighted by molar-refractivity contribution is 9.10. The van der Waals surface area contributed by atoms with Gasteiger partial charge in [0.25, 0.3) is 5.89 Å². The van der Waals surface area contributed by atoms with Gasteiger partial charge in [-0.3, -0.25) is 0 Å². The lowest BCUT2D eigenvalue weighted by molar-refractivity contribution is 0.432. The number of nitrogens with zero attached hydrogens (tertiary/aromatic N) is 2. The first-order valence-electron chi connectivity index (χ1n) is 6.26. The maximum atomic E-state index is 13.1. The minimum absolute atomic E-state index is 0.329. The van der Waals surface area contributed by atoms with Gasteiger partial charge in [-0.05, 0) is 51.8 Å². The van der Waals surface area contributed by atoms with E-state index in [0.717, 1.165) is 11.1 Å². The first-order chi connectivity index (χ1) is 10.2. The van der Waals surface area contributed by atoms with E-state index >= 15 is 0 Å². The summed E-state index contributed by atoms with van der Waals surface area (Å²) in [4.78, 5) is 4.35. The largest absolute Gasteiger partial charge is 0.334 e. The van der Waals surface area contributed by atoms with Crippen LogP contribution >= 0.6 is 15.9 Å². The topological polar surface area (TPSA) is 64.9 Å². The van der Waals surface area contributed by atoms with Crippen molar-refractivity contribution in [1.82, 2.24) is 10.1 Å². The predicted molar refractivity (Wildman–Crippen MR) is 80.7 cm³/mol.